The maximum absolute atomic E-state index is 11.5. The number of amides is 1. The van der Waals surface area contributed by atoms with Crippen molar-refractivity contribution in [2.75, 3.05) is 6.54 Å². The number of carbonyl (C=O) groups excluding carboxylic acids is 1. The predicted molar refractivity (Wildman–Crippen MR) is 68.4 cm³/mol. The molecular weight excluding hydrogens is 226 g/mol. The fraction of sp³-hybridized carbons (Fsp3) is 0.286. The van der Waals surface area contributed by atoms with Crippen molar-refractivity contribution in [3.8, 4) is 5.69 Å². The van der Waals surface area contributed by atoms with E-state index < -0.39 is 0 Å². The predicted octanol–water partition coefficient (Wildman–Crippen LogP) is 1.55. The maximum atomic E-state index is 11.5. The molecule has 2 heterocycles. The van der Waals surface area contributed by atoms with Gasteiger partial charge in [-0.2, -0.15) is 5.10 Å². The lowest BCUT2D eigenvalue weighted by atomic mass is 10.0. The summed E-state index contributed by atoms with van der Waals surface area (Å²) in [5.41, 5.74) is 2.01. The average Bonchev–Trinajstić information content (AvgIpc) is 3.02. The summed E-state index contributed by atoms with van der Waals surface area (Å²) >= 11 is 0. The van der Waals surface area contributed by atoms with E-state index in [0.717, 1.165) is 30.8 Å². The van der Waals surface area contributed by atoms with E-state index >= 15 is 0 Å². The lowest BCUT2D eigenvalue weighted by Crippen LogP contribution is -2.20. The van der Waals surface area contributed by atoms with Gasteiger partial charge in [0, 0.05) is 25.1 Å². The van der Waals surface area contributed by atoms with Gasteiger partial charge in [-0.05, 0) is 24.6 Å². The molecule has 4 heteroatoms. The minimum atomic E-state index is 0.0872. The van der Waals surface area contributed by atoms with E-state index in [1.54, 1.807) is 0 Å². The van der Waals surface area contributed by atoms with Crippen LogP contribution in [0.15, 0.2) is 42.6 Å². The molecule has 1 N–H and O–H groups in total. The molecule has 1 unspecified atom stereocenters. The maximum Gasteiger partial charge on any atom is 0.223 e. The molecule has 1 aliphatic rings. The van der Waals surface area contributed by atoms with Crippen LogP contribution in [0.4, 0.5) is 0 Å². The molecule has 1 fully saturated rings. The third kappa shape index (κ3) is 2.14. The Kier molecular flexibility index (Phi) is 2.84. The fourth-order valence-electron chi connectivity index (χ4n) is 2.29. The molecule has 1 aliphatic heterocycles. The monoisotopic (exact) mass is 241 g/mol. The minimum absolute atomic E-state index is 0.0872. The van der Waals surface area contributed by atoms with E-state index in [2.05, 4.69) is 10.4 Å². The zero-order valence-electron chi connectivity index (χ0n) is 10.0. The Bertz CT molecular complexity index is 547. The molecule has 0 bridgehead atoms. The smallest absolute Gasteiger partial charge is 0.223 e. The highest BCUT2D eigenvalue weighted by atomic mass is 16.2. The third-order valence-corrected chi connectivity index (χ3v) is 3.28. The van der Waals surface area contributed by atoms with Crippen LogP contribution in [0.3, 0.4) is 0 Å². The van der Waals surface area contributed by atoms with Crippen LogP contribution in [-0.2, 0) is 11.2 Å². The van der Waals surface area contributed by atoms with E-state index in [9.17, 15) is 4.79 Å². The molecule has 1 aromatic carbocycles. The van der Waals surface area contributed by atoms with E-state index in [1.165, 1.54) is 0 Å². The second-order valence-corrected chi connectivity index (χ2v) is 4.57. The topological polar surface area (TPSA) is 46.9 Å². The summed E-state index contributed by atoms with van der Waals surface area (Å²) in [5, 5.41) is 7.37. The van der Waals surface area contributed by atoms with Gasteiger partial charge in [-0.1, -0.05) is 18.2 Å². The summed E-state index contributed by atoms with van der Waals surface area (Å²) in [4.78, 5) is 11.5. The van der Waals surface area contributed by atoms with Gasteiger partial charge in [0.1, 0.15) is 0 Å². The van der Waals surface area contributed by atoms with Gasteiger partial charge >= 0.3 is 0 Å². The van der Waals surface area contributed by atoms with Gasteiger partial charge in [0.15, 0.2) is 0 Å². The summed E-state index contributed by atoms with van der Waals surface area (Å²) in [6.45, 7) is 0.795. The Labute approximate surface area is 106 Å². The molecule has 0 spiro atoms. The second-order valence-electron chi connectivity index (χ2n) is 4.57. The lowest BCUT2D eigenvalue weighted by molar-refractivity contribution is -0.122. The lowest BCUT2D eigenvalue weighted by Gasteiger charge is -2.03. The Morgan fingerprint density at radius 1 is 1.28 bits per heavy atom. The van der Waals surface area contributed by atoms with E-state index in [4.69, 9.17) is 0 Å². The van der Waals surface area contributed by atoms with Crippen LogP contribution in [-0.4, -0.2) is 22.2 Å². The van der Waals surface area contributed by atoms with Crippen molar-refractivity contribution in [3.05, 3.63) is 48.3 Å². The van der Waals surface area contributed by atoms with Crippen LogP contribution >= 0.6 is 0 Å². The summed E-state index contributed by atoms with van der Waals surface area (Å²) in [5.74, 6) is 0.244. The fourth-order valence-corrected chi connectivity index (χ4v) is 2.29. The normalized spacial score (nSPS) is 18.9. The largest absolute Gasteiger partial charge is 0.356 e. The molecule has 92 valence electrons. The first kappa shape index (κ1) is 11.0. The van der Waals surface area contributed by atoms with Crippen LogP contribution < -0.4 is 5.32 Å². The Hall–Kier alpha value is -2.10. The Balaban J connectivity index is 1.76. The highest BCUT2D eigenvalue weighted by molar-refractivity contribution is 5.80. The number of hydrogen-bond acceptors (Lipinski definition) is 2. The molecule has 1 aromatic heterocycles. The zero-order valence-corrected chi connectivity index (χ0v) is 10.0. The number of aromatic nitrogens is 2. The molecule has 4 nitrogen and oxygen atoms in total. The summed E-state index contributed by atoms with van der Waals surface area (Å²) in [6.07, 6.45) is 3.58. The van der Waals surface area contributed by atoms with Gasteiger partial charge in [-0.15, -0.1) is 0 Å². The summed E-state index contributed by atoms with van der Waals surface area (Å²) in [6, 6.07) is 12.0. The zero-order chi connectivity index (χ0) is 12.4. The number of para-hydroxylation sites is 1. The molecule has 2 aromatic rings. The SMILES string of the molecule is O=C1NCCC1Cc1ccn(-c2ccccc2)n1. The molecule has 0 aliphatic carbocycles. The van der Waals surface area contributed by atoms with Gasteiger partial charge in [0.25, 0.3) is 0 Å². The average molecular weight is 241 g/mol. The first-order chi connectivity index (χ1) is 8.83. The van der Waals surface area contributed by atoms with Crippen LogP contribution in [0.1, 0.15) is 12.1 Å². The quantitative estimate of drug-likeness (QED) is 0.886. The molecule has 3 rings (SSSR count). The molecule has 0 radical (unpaired) electrons. The van der Waals surface area contributed by atoms with Crippen molar-refractivity contribution >= 4 is 5.91 Å². The van der Waals surface area contributed by atoms with Crippen molar-refractivity contribution in [2.45, 2.75) is 12.8 Å². The summed E-state index contributed by atoms with van der Waals surface area (Å²) < 4.78 is 1.85. The molecule has 1 amide bonds. The van der Waals surface area contributed by atoms with Gasteiger partial charge in [-0.3, -0.25) is 4.79 Å². The molecule has 1 saturated heterocycles. The van der Waals surface area contributed by atoms with Crippen LogP contribution in [0, 0.1) is 5.92 Å². The molecule has 0 saturated carbocycles. The minimum Gasteiger partial charge on any atom is -0.356 e. The first-order valence-electron chi connectivity index (χ1n) is 6.20. The second kappa shape index (κ2) is 4.64. The number of rotatable bonds is 3. The van der Waals surface area contributed by atoms with Crippen LogP contribution in [0.5, 0.6) is 0 Å². The van der Waals surface area contributed by atoms with Gasteiger partial charge < -0.3 is 5.32 Å². The highest BCUT2D eigenvalue weighted by Gasteiger charge is 2.24. The van der Waals surface area contributed by atoms with Crippen LogP contribution in [0.25, 0.3) is 5.69 Å². The number of nitrogens with zero attached hydrogens (tertiary/aromatic N) is 2. The molecule has 18 heavy (non-hydrogen) atoms. The van der Waals surface area contributed by atoms with Crippen molar-refractivity contribution in [1.29, 1.82) is 0 Å². The van der Waals surface area contributed by atoms with Gasteiger partial charge in [0.2, 0.25) is 5.91 Å². The standard InChI is InChI=1S/C14H15N3O/c18-14-11(6-8-15-14)10-12-7-9-17(16-12)13-4-2-1-3-5-13/h1-5,7,9,11H,6,8,10H2,(H,15,18). The highest BCUT2D eigenvalue weighted by Crippen LogP contribution is 2.16. The number of nitrogens with one attached hydrogen (secondary N) is 1. The number of hydrogen-bond donors (Lipinski definition) is 1. The Morgan fingerprint density at radius 3 is 2.83 bits per heavy atom. The van der Waals surface area contributed by atoms with Gasteiger partial charge in [-0.25, -0.2) is 4.68 Å². The Morgan fingerprint density at radius 2 is 2.11 bits per heavy atom. The van der Waals surface area contributed by atoms with Gasteiger partial charge in [0.05, 0.1) is 11.4 Å². The third-order valence-electron chi connectivity index (χ3n) is 3.28. The van der Waals surface area contributed by atoms with E-state index in [1.807, 2.05) is 47.3 Å². The van der Waals surface area contributed by atoms with Crippen molar-refractivity contribution < 1.29 is 4.79 Å². The van der Waals surface area contributed by atoms with E-state index in [-0.39, 0.29) is 11.8 Å². The first-order valence-corrected chi connectivity index (χ1v) is 6.20. The molecule has 1 atom stereocenters. The van der Waals surface area contributed by atoms with E-state index in [0.29, 0.717) is 0 Å². The van der Waals surface area contributed by atoms with Crippen molar-refractivity contribution in [2.24, 2.45) is 5.92 Å². The number of carbonyl (C=O) groups is 1. The number of benzene rings is 1. The van der Waals surface area contributed by atoms with Crippen molar-refractivity contribution in [3.63, 3.8) is 0 Å². The molecular formula is C14H15N3O. The van der Waals surface area contributed by atoms with Crippen LogP contribution in [0.2, 0.25) is 0 Å². The van der Waals surface area contributed by atoms with Crippen molar-refractivity contribution in [1.82, 2.24) is 15.1 Å². The summed E-state index contributed by atoms with van der Waals surface area (Å²) in [7, 11) is 0.